The molecule has 20 heavy (non-hydrogen) atoms. The smallest absolute Gasteiger partial charge is 0.147 e. The number of methoxy groups -OCH3 is 1. The van der Waals surface area contributed by atoms with Crippen molar-refractivity contribution in [2.75, 3.05) is 26.8 Å². The van der Waals surface area contributed by atoms with Gasteiger partial charge in [-0.1, -0.05) is 40.6 Å². The summed E-state index contributed by atoms with van der Waals surface area (Å²) in [6.07, 6.45) is 0.850. The second-order valence-corrected chi connectivity index (χ2v) is 6.00. The number of nitrogens with one attached hydrogen (secondary N) is 1. The molecule has 0 aliphatic heterocycles. The Morgan fingerprint density at radius 3 is 2.80 bits per heavy atom. The molecule has 0 atom stereocenters. The third kappa shape index (κ3) is 4.40. The summed E-state index contributed by atoms with van der Waals surface area (Å²) in [5.74, 6) is 0. The van der Waals surface area contributed by atoms with Gasteiger partial charge in [0.05, 0.1) is 16.7 Å². The maximum atomic E-state index is 6.01. The fourth-order valence-electron chi connectivity index (χ4n) is 1.60. The first-order valence-electron chi connectivity index (χ1n) is 6.18. The fourth-order valence-corrected chi connectivity index (χ4v) is 2.73. The van der Waals surface area contributed by atoms with E-state index in [-0.39, 0.29) is 0 Å². The Morgan fingerprint density at radius 2 is 2.05 bits per heavy atom. The van der Waals surface area contributed by atoms with Crippen molar-refractivity contribution in [1.29, 1.82) is 0 Å². The van der Waals surface area contributed by atoms with Gasteiger partial charge in [-0.15, -0.1) is 10.2 Å². The number of halogens is 2. The summed E-state index contributed by atoms with van der Waals surface area (Å²) in [7, 11) is 1.69. The highest BCUT2D eigenvalue weighted by Crippen LogP contribution is 2.30. The molecule has 0 aliphatic rings. The molecule has 0 saturated carbocycles. The van der Waals surface area contributed by atoms with Crippen molar-refractivity contribution < 1.29 is 4.74 Å². The van der Waals surface area contributed by atoms with Crippen LogP contribution in [0.2, 0.25) is 10.0 Å². The van der Waals surface area contributed by atoms with E-state index in [0.717, 1.165) is 35.1 Å². The first-order valence-corrected chi connectivity index (χ1v) is 7.75. The number of hydrogen-bond acceptors (Lipinski definition) is 5. The quantitative estimate of drug-likeness (QED) is 0.791. The second-order valence-electron chi connectivity index (χ2n) is 4.12. The Hall–Kier alpha value is -0.720. The maximum absolute atomic E-state index is 6.01. The lowest BCUT2D eigenvalue weighted by Gasteiger charge is -2.01. The lowest BCUT2D eigenvalue weighted by molar-refractivity contribution is 0.199. The van der Waals surface area contributed by atoms with Crippen LogP contribution in [0, 0.1) is 0 Å². The van der Waals surface area contributed by atoms with Crippen LogP contribution in [0.25, 0.3) is 10.6 Å². The van der Waals surface area contributed by atoms with Crippen molar-refractivity contribution in [3.05, 3.63) is 33.3 Å². The van der Waals surface area contributed by atoms with Gasteiger partial charge in [-0.3, -0.25) is 0 Å². The van der Waals surface area contributed by atoms with Crippen molar-refractivity contribution >= 4 is 34.5 Å². The normalized spacial score (nSPS) is 10.9. The number of hydrogen-bond donors (Lipinski definition) is 1. The van der Waals surface area contributed by atoms with Crippen molar-refractivity contribution in [2.24, 2.45) is 0 Å². The Bertz CT molecular complexity index is 562. The maximum Gasteiger partial charge on any atom is 0.147 e. The van der Waals surface area contributed by atoms with Gasteiger partial charge >= 0.3 is 0 Å². The summed E-state index contributed by atoms with van der Waals surface area (Å²) < 4.78 is 4.97. The average Bonchev–Trinajstić information content (AvgIpc) is 2.90. The molecule has 0 unspecified atom stereocenters. The molecule has 0 amide bonds. The molecule has 1 aromatic carbocycles. The minimum atomic E-state index is 0.530. The third-order valence-electron chi connectivity index (χ3n) is 2.63. The van der Waals surface area contributed by atoms with Gasteiger partial charge in [0.15, 0.2) is 0 Å². The molecule has 1 N–H and O–H groups in total. The van der Waals surface area contributed by atoms with E-state index in [1.165, 1.54) is 0 Å². The SMILES string of the molecule is COCCNCCc1nnc(-c2ccc(Cl)c(Cl)c2)s1. The first-order chi connectivity index (χ1) is 9.70. The van der Waals surface area contributed by atoms with E-state index in [4.69, 9.17) is 27.9 Å². The van der Waals surface area contributed by atoms with Gasteiger partial charge in [-0.2, -0.15) is 0 Å². The first kappa shape index (κ1) is 15.7. The number of aromatic nitrogens is 2. The highest BCUT2D eigenvalue weighted by Gasteiger charge is 2.08. The van der Waals surface area contributed by atoms with Crippen LogP contribution in [-0.4, -0.2) is 37.0 Å². The Kier molecular flexibility index (Phi) is 6.19. The van der Waals surface area contributed by atoms with E-state index in [1.807, 2.05) is 12.1 Å². The largest absolute Gasteiger partial charge is 0.383 e. The molecule has 0 aliphatic carbocycles. The number of nitrogens with zero attached hydrogens (tertiary/aromatic N) is 2. The topological polar surface area (TPSA) is 47.0 Å². The zero-order valence-corrected chi connectivity index (χ0v) is 13.4. The van der Waals surface area contributed by atoms with Gasteiger partial charge in [0.1, 0.15) is 10.0 Å². The van der Waals surface area contributed by atoms with Crippen LogP contribution in [0.15, 0.2) is 18.2 Å². The summed E-state index contributed by atoms with van der Waals surface area (Å²) in [5.41, 5.74) is 0.940. The molecule has 0 radical (unpaired) electrons. The minimum absolute atomic E-state index is 0.530. The predicted molar refractivity (Wildman–Crippen MR) is 83.8 cm³/mol. The lowest BCUT2D eigenvalue weighted by Crippen LogP contribution is -2.21. The fraction of sp³-hybridized carbons (Fsp3) is 0.385. The molecule has 0 spiro atoms. The molecule has 1 heterocycles. The van der Waals surface area contributed by atoms with Crippen LogP contribution in [0.5, 0.6) is 0 Å². The van der Waals surface area contributed by atoms with Crippen molar-refractivity contribution in [1.82, 2.24) is 15.5 Å². The van der Waals surface area contributed by atoms with Crippen LogP contribution < -0.4 is 5.32 Å². The summed E-state index contributed by atoms with van der Waals surface area (Å²) >= 11 is 13.5. The Labute approximate surface area is 132 Å². The van der Waals surface area contributed by atoms with Crippen LogP contribution in [0.4, 0.5) is 0 Å². The van der Waals surface area contributed by atoms with Gasteiger partial charge in [0.25, 0.3) is 0 Å². The van der Waals surface area contributed by atoms with E-state index < -0.39 is 0 Å². The third-order valence-corrected chi connectivity index (χ3v) is 4.40. The van der Waals surface area contributed by atoms with Crippen molar-refractivity contribution in [2.45, 2.75) is 6.42 Å². The minimum Gasteiger partial charge on any atom is -0.383 e. The van der Waals surface area contributed by atoms with Crippen LogP contribution in [0.1, 0.15) is 5.01 Å². The molecule has 2 rings (SSSR count). The van der Waals surface area contributed by atoms with E-state index in [2.05, 4.69) is 15.5 Å². The molecule has 0 fully saturated rings. The van der Waals surface area contributed by atoms with Gasteiger partial charge in [-0.25, -0.2) is 0 Å². The van der Waals surface area contributed by atoms with E-state index in [1.54, 1.807) is 24.5 Å². The van der Waals surface area contributed by atoms with E-state index in [0.29, 0.717) is 16.7 Å². The molecule has 0 bridgehead atoms. The van der Waals surface area contributed by atoms with E-state index in [9.17, 15) is 0 Å². The molecule has 7 heteroatoms. The lowest BCUT2D eigenvalue weighted by atomic mass is 10.2. The predicted octanol–water partition coefficient (Wildman–Crippen LogP) is 3.29. The Morgan fingerprint density at radius 1 is 1.20 bits per heavy atom. The van der Waals surface area contributed by atoms with E-state index >= 15 is 0 Å². The van der Waals surface area contributed by atoms with Gasteiger partial charge in [0.2, 0.25) is 0 Å². The average molecular weight is 332 g/mol. The molecule has 0 saturated heterocycles. The highest BCUT2D eigenvalue weighted by molar-refractivity contribution is 7.14. The standard InChI is InChI=1S/C13H15Cl2N3OS/c1-19-7-6-16-5-4-12-17-18-13(20-12)9-2-3-10(14)11(15)8-9/h2-3,8,16H,4-7H2,1H3. The number of ether oxygens (including phenoxy) is 1. The van der Waals surface area contributed by atoms with Gasteiger partial charge in [-0.05, 0) is 12.1 Å². The van der Waals surface area contributed by atoms with Gasteiger partial charge < -0.3 is 10.1 Å². The zero-order valence-electron chi connectivity index (χ0n) is 11.0. The second kappa shape index (κ2) is 7.90. The van der Waals surface area contributed by atoms with Crippen LogP contribution >= 0.6 is 34.5 Å². The molecule has 4 nitrogen and oxygen atoms in total. The summed E-state index contributed by atoms with van der Waals surface area (Å²) in [6, 6.07) is 5.48. The molecule has 1 aromatic heterocycles. The monoisotopic (exact) mass is 331 g/mol. The molecular formula is C13H15Cl2N3OS. The summed E-state index contributed by atoms with van der Waals surface area (Å²) in [5, 5.41) is 14.6. The molecule has 108 valence electrons. The van der Waals surface area contributed by atoms with Crippen LogP contribution in [0.3, 0.4) is 0 Å². The number of rotatable bonds is 7. The summed E-state index contributed by atoms with van der Waals surface area (Å²) in [4.78, 5) is 0. The number of benzene rings is 1. The molecule has 2 aromatic rings. The summed E-state index contributed by atoms with van der Waals surface area (Å²) in [6.45, 7) is 2.42. The van der Waals surface area contributed by atoms with Gasteiger partial charge in [0, 0.05) is 32.2 Å². The zero-order chi connectivity index (χ0) is 14.4. The molecular weight excluding hydrogens is 317 g/mol. The van der Waals surface area contributed by atoms with Crippen molar-refractivity contribution in [3.8, 4) is 10.6 Å². The highest BCUT2D eigenvalue weighted by atomic mass is 35.5. The van der Waals surface area contributed by atoms with Crippen molar-refractivity contribution in [3.63, 3.8) is 0 Å². The Balaban J connectivity index is 1.93. The van der Waals surface area contributed by atoms with Crippen LogP contribution in [-0.2, 0) is 11.2 Å².